The van der Waals surface area contributed by atoms with Crippen molar-refractivity contribution in [3.8, 4) is 17.1 Å². The molecule has 1 fully saturated rings. The summed E-state index contributed by atoms with van der Waals surface area (Å²) in [5.74, 6) is 1.63. The number of nitrogens with zero attached hydrogens (tertiary/aromatic N) is 4. The number of piperazine rings is 1. The first-order chi connectivity index (χ1) is 12.3. The fourth-order valence-corrected chi connectivity index (χ4v) is 3.33. The lowest BCUT2D eigenvalue weighted by Crippen LogP contribution is -2.54. The van der Waals surface area contributed by atoms with Gasteiger partial charge in [-0.15, -0.1) is 0 Å². The molecule has 140 valence electrons. The molecule has 1 aromatic carbocycles. The van der Waals surface area contributed by atoms with Gasteiger partial charge in [0.25, 0.3) is 0 Å². The van der Waals surface area contributed by atoms with E-state index < -0.39 is 3.79 Å². The minimum absolute atomic E-state index is 0.0900. The van der Waals surface area contributed by atoms with E-state index in [-0.39, 0.29) is 5.82 Å². The second-order valence-electron chi connectivity index (χ2n) is 6.35. The van der Waals surface area contributed by atoms with E-state index in [1.165, 1.54) is 0 Å². The standard InChI is InChI=1S/C17H20Cl3N5O/c1-10-8-25(9-11(2)21-10)16-23-14(22-15(24-16)17(18,19)20)12-6-4-5-7-13(12)26-3/h4-7,10-11,21H,8-9H2,1-3H3. The molecule has 0 bridgehead atoms. The normalized spacial score (nSPS) is 20.9. The van der Waals surface area contributed by atoms with Gasteiger partial charge in [-0.05, 0) is 26.0 Å². The molecule has 0 aliphatic carbocycles. The average molecular weight is 417 g/mol. The number of hydrogen-bond acceptors (Lipinski definition) is 6. The summed E-state index contributed by atoms with van der Waals surface area (Å²) in [6.07, 6.45) is 0. The highest BCUT2D eigenvalue weighted by Crippen LogP contribution is 2.38. The van der Waals surface area contributed by atoms with E-state index in [1.807, 2.05) is 24.3 Å². The number of methoxy groups -OCH3 is 1. The zero-order valence-electron chi connectivity index (χ0n) is 14.7. The molecular formula is C17H20Cl3N5O. The highest BCUT2D eigenvalue weighted by Gasteiger charge is 2.31. The van der Waals surface area contributed by atoms with Gasteiger partial charge in [0.1, 0.15) is 5.75 Å². The van der Waals surface area contributed by atoms with E-state index in [0.717, 1.165) is 13.1 Å². The lowest BCUT2D eigenvalue weighted by molar-refractivity contribution is 0.402. The van der Waals surface area contributed by atoms with Crippen LogP contribution in [0.3, 0.4) is 0 Å². The Morgan fingerprint density at radius 1 is 1.08 bits per heavy atom. The monoisotopic (exact) mass is 415 g/mol. The third-order valence-electron chi connectivity index (χ3n) is 4.07. The third kappa shape index (κ3) is 4.31. The van der Waals surface area contributed by atoms with Gasteiger partial charge in [0, 0.05) is 25.2 Å². The Kier molecular flexibility index (Phi) is 5.77. The topological polar surface area (TPSA) is 63.2 Å². The van der Waals surface area contributed by atoms with Gasteiger partial charge in [-0.1, -0.05) is 46.9 Å². The molecule has 1 saturated heterocycles. The number of alkyl halides is 3. The molecule has 2 aromatic rings. The van der Waals surface area contributed by atoms with Crippen LogP contribution in [0.4, 0.5) is 5.95 Å². The largest absolute Gasteiger partial charge is 0.496 e. The Labute approximate surface area is 167 Å². The average Bonchev–Trinajstić information content (AvgIpc) is 2.59. The van der Waals surface area contributed by atoms with Crippen LogP contribution >= 0.6 is 34.8 Å². The van der Waals surface area contributed by atoms with Crippen LogP contribution in [-0.2, 0) is 3.79 Å². The van der Waals surface area contributed by atoms with Crippen LogP contribution in [0.5, 0.6) is 5.75 Å². The first-order valence-electron chi connectivity index (χ1n) is 8.25. The molecule has 6 nitrogen and oxygen atoms in total. The lowest BCUT2D eigenvalue weighted by Gasteiger charge is -2.36. The highest BCUT2D eigenvalue weighted by molar-refractivity contribution is 6.66. The first-order valence-corrected chi connectivity index (χ1v) is 9.39. The maximum Gasteiger partial charge on any atom is 0.250 e. The summed E-state index contributed by atoms with van der Waals surface area (Å²) in [4.78, 5) is 15.5. The summed E-state index contributed by atoms with van der Waals surface area (Å²) < 4.78 is 3.67. The number of halogens is 3. The first kappa shape index (κ1) is 19.4. The Morgan fingerprint density at radius 3 is 2.35 bits per heavy atom. The van der Waals surface area contributed by atoms with Crippen molar-refractivity contribution < 1.29 is 4.74 Å². The van der Waals surface area contributed by atoms with Crippen molar-refractivity contribution in [2.45, 2.75) is 29.7 Å². The molecule has 1 aliphatic rings. The summed E-state index contributed by atoms with van der Waals surface area (Å²) in [5.41, 5.74) is 0.713. The van der Waals surface area contributed by atoms with Crippen molar-refractivity contribution in [3.63, 3.8) is 0 Å². The van der Waals surface area contributed by atoms with Crippen LogP contribution in [0.2, 0.25) is 0 Å². The molecule has 0 saturated carbocycles. The second-order valence-corrected chi connectivity index (χ2v) is 8.64. The third-order valence-corrected chi connectivity index (χ3v) is 4.57. The summed E-state index contributed by atoms with van der Waals surface area (Å²) in [6, 6.07) is 8.04. The molecule has 9 heteroatoms. The molecule has 26 heavy (non-hydrogen) atoms. The maximum absolute atomic E-state index is 6.08. The van der Waals surface area contributed by atoms with Crippen molar-refractivity contribution in [1.29, 1.82) is 0 Å². The van der Waals surface area contributed by atoms with Gasteiger partial charge in [0.15, 0.2) is 11.6 Å². The van der Waals surface area contributed by atoms with Gasteiger partial charge in [-0.2, -0.15) is 9.97 Å². The smallest absolute Gasteiger partial charge is 0.250 e. The van der Waals surface area contributed by atoms with Gasteiger partial charge in [-0.3, -0.25) is 0 Å². The Morgan fingerprint density at radius 2 is 1.73 bits per heavy atom. The minimum atomic E-state index is -1.75. The van der Waals surface area contributed by atoms with E-state index in [1.54, 1.807) is 7.11 Å². The van der Waals surface area contributed by atoms with E-state index in [0.29, 0.717) is 35.2 Å². The summed E-state index contributed by atoms with van der Waals surface area (Å²) in [7, 11) is 1.59. The van der Waals surface area contributed by atoms with Crippen LogP contribution in [-0.4, -0.2) is 47.2 Å². The lowest BCUT2D eigenvalue weighted by atomic mass is 10.1. The summed E-state index contributed by atoms with van der Waals surface area (Å²) in [5, 5.41) is 3.48. The maximum atomic E-state index is 6.08. The number of rotatable bonds is 3. The van der Waals surface area contributed by atoms with Crippen molar-refractivity contribution in [3.05, 3.63) is 30.1 Å². The molecule has 1 aromatic heterocycles. The van der Waals surface area contributed by atoms with E-state index in [2.05, 4.69) is 39.0 Å². The minimum Gasteiger partial charge on any atom is -0.496 e. The molecule has 2 unspecified atom stereocenters. The quantitative estimate of drug-likeness (QED) is 0.772. The fraction of sp³-hybridized carbons (Fsp3) is 0.471. The van der Waals surface area contributed by atoms with Crippen LogP contribution < -0.4 is 15.0 Å². The van der Waals surface area contributed by atoms with Gasteiger partial charge < -0.3 is 15.0 Å². The number of hydrogen-bond donors (Lipinski definition) is 1. The van der Waals surface area contributed by atoms with Gasteiger partial charge in [-0.25, -0.2) is 4.98 Å². The van der Waals surface area contributed by atoms with Crippen molar-refractivity contribution >= 4 is 40.8 Å². The van der Waals surface area contributed by atoms with Crippen LogP contribution in [0, 0.1) is 0 Å². The van der Waals surface area contributed by atoms with Gasteiger partial charge in [0.2, 0.25) is 9.74 Å². The van der Waals surface area contributed by atoms with Crippen molar-refractivity contribution in [1.82, 2.24) is 20.3 Å². The highest BCUT2D eigenvalue weighted by atomic mass is 35.6. The number of nitrogens with one attached hydrogen (secondary N) is 1. The van der Waals surface area contributed by atoms with Crippen LogP contribution in [0.1, 0.15) is 19.7 Å². The van der Waals surface area contributed by atoms with Crippen molar-refractivity contribution in [2.75, 3.05) is 25.1 Å². The van der Waals surface area contributed by atoms with Crippen LogP contribution in [0.15, 0.2) is 24.3 Å². The predicted octanol–water partition coefficient (Wildman–Crippen LogP) is 3.56. The number of para-hydroxylation sites is 1. The zero-order chi connectivity index (χ0) is 18.9. The Balaban J connectivity index is 2.11. The second kappa shape index (κ2) is 7.72. The molecule has 0 spiro atoms. The zero-order valence-corrected chi connectivity index (χ0v) is 17.0. The summed E-state index contributed by atoms with van der Waals surface area (Å²) in [6.45, 7) is 5.72. The number of benzene rings is 1. The molecule has 3 rings (SSSR count). The molecule has 1 aliphatic heterocycles. The fourth-order valence-electron chi connectivity index (χ4n) is 3.07. The van der Waals surface area contributed by atoms with Gasteiger partial charge in [0.05, 0.1) is 12.7 Å². The SMILES string of the molecule is COc1ccccc1-c1nc(N2CC(C)NC(C)C2)nc(C(Cl)(Cl)Cl)n1. The van der Waals surface area contributed by atoms with E-state index in [9.17, 15) is 0 Å². The molecule has 2 heterocycles. The number of anilines is 1. The molecular weight excluding hydrogens is 397 g/mol. The van der Waals surface area contributed by atoms with Gasteiger partial charge >= 0.3 is 0 Å². The Bertz CT molecular complexity index is 773. The Hall–Kier alpha value is -1.34. The van der Waals surface area contributed by atoms with E-state index >= 15 is 0 Å². The summed E-state index contributed by atoms with van der Waals surface area (Å²) >= 11 is 18.2. The molecule has 1 N–H and O–H groups in total. The molecule has 0 radical (unpaired) electrons. The molecule has 2 atom stereocenters. The molecule has 0 amide bonds. The van der Waals surface area contributed by atoms with Crippen LogP contribution in [0.25, 0.3) is 11.4 Å². The number of aromatic nitrogens is 3. The number of ether oxygens (including phenoxy) is 1. The van der Waals surface area contributed by atoms with E-state index in [4.69, 9.17) is 39.5 Å². The predicted molar refractivity (Wildman–Crippen MR) is 105 cm³/mol. The van der Waals surface area contributed by atoms with Crippen molar-refractivity contribution in [2.24, 2.45) is 0 Å².